The molecule has 0 spiro atoms. The van der Waals surface area contributed by atoms with Crippen molar-refractivity contribution in [1.82, 2.24) is 0 Å². The first-order valence-electron chi connectivity index (χ1n) is 8.76. The van der Waals surface area contributed by atoms with Crippen molar-refractivity contribution >= 4 is 5.97 Å². The zero-order chi connectivity index (χ0) is 15.8. The van der Waals surface area contributed by atoms with E-state index in [0.717, 1.165) is 19.3 Å². The van der Waals surface area contributed by atoms with Crippen LogP contribution in [0.3, 0.4) is 0 Å². The quantitative estimate of drug-likeness (QED) is 0.319. The molecule has 0 N–H and O–H groups in total. The molecule has 3 nitrogen and oxygen atoms in total. The molecule has 1 unspecified atom stereocenters. The SMILES string of the molecule is CCOC(=O)CCCCCCCCCCCCC(C)C#N. The molecule has 0 saturated carbocycles. The summed E-state index contributed by atoms with van der Waals surface area (Å²) in [6, 6.07) is 2.29. The first-order chi connectivity index (χ1) is 10.2. The monoisotopic (exact) mass is 295 g/mol. The third-order valence-electron chi connectivity index (χ3n) is 3.79. The molecule has 0 aliphatic heterocycles. The van der Waals surface area contributed by atoms with Crippen LogP contribution in [0.25, 0.3) is 0 Å². The standard InChI is InChI=1S/C18H33NO2/c1-3-21-18(20)15-13-11-9-7-5-4-6-8-10-12-14-17(2)16-19/h17H,3-15H2,1-2H3. The maximum absolute atomic E-state index is 11.1. The van der Waals surface area contributed by atoms with E-state index >= 15 is 0 Å². The van der Waals surface area contributed by atoms with Crippen molar-refractivity contribution in [3.63, 3.8) is 0 Å². The van der Waals surface area contributed by atoms with Crippen molar-refractivity contribution < 1.29 is 9.53 Å². The van der Waals surface area contributed by atoms with E-state index in [2.05, 4.69) is 6.07 Å². The van der Waals surface area contributed by atoms with E-state index in [9.17, 15) is 4.79 Å². The van der Waals surface area contributed by atoms with Crippen molar-refractivity contribution in [2.75, 3.05) is 6.61 Å². The lowest BCUT2D eigenvalue weighted by molar-refractivity contribution is -0.143. The number of nitrogens with zero attached hydrogens (tertiary/aromatic N) is 1. The molecule has 0 aromatic rings. The summed E-state index contributed by atoms with van der Waals surface area (Å²) in [7, 11) is 0. The number of esters is 1. The molecular weight excluding hydrogens is 262 g/mol. The van der Waals surface area contributed by atoms with Gasteiger partial charge in [0.15, 0.2) is 0 Å². The molecule has 0 radical (unpaired) electrons. The van der Waals surface area contributed by atoms with Gasteiger partial charge in [0.1, 0.15) is 0 Å². The van der Waals surface area contributed by atoms with Gasteiger partial charge in [0.2, 0.25) is 0 Å². The zero-order valence-corrected chi connectivity index (χ0v) is 14.0. The minimum Gasteiger partial charge on any atom is -0.466 e. The lowest BCUT2D eigenvalue weighted by Gasteiger charge is -2.04. The number of unbranched alkanes of at least 4 members (excludes halogenated alkanes) is 9. The van der Waals surface area contributed by atoms with E-state index in [0.29, 0.717) is 13.0 Å². The summed E-state index contributed by atoms with van der Waals surface area (Å²) in [5.74, 6) is 0.169. The molecule has 0 saturated heterocycles. The zero-order valence-electron chi connectivity index (χ0n) is 14.0. The Bertz CT molecular complexity index is 283. The third kappa shape index (κ3) is 15.2. The van der Waals surface area contributed by atoms with Crippen molar-refractivity contribution in [3.8, 4) is 6.07 Å². The largest absolute Gasteiger partial charge is 0.466 e. The van der Waals surface area contributed by atoms with Gasteiger partial charge in [0.25, 0.3) is 0 Å². The molecule has 0 bridgehead atoms. The number of carbonyl (C=O) groups excluding carboxylic acids is 1. The Morgan fingerprint density at radius 2 is 1.43 bits per heavy atom. The molecule has 0 aromatic heterocycles. The fourth-order valence-electron chi connectivity index (χ4n) is 2.43. The van der Waals surface area contributed by atoms with E-state index < -0.39 is 0 Å². The molecule has 0 heterocycles. The highest BCUT2D eigenvalue weighted by Crippen LogP contribution is 2.13. The van der Waals surface area contributed by atoms with Gasteiger partial charge in [-0.25, -0.2) is 0 Å². The summed E-state index contributed by atoms with van der Waals surface area (Å²) in [6.45, 7) is 4.35. The van der Waals surface area contributed by atoms with E-state index in [1.165, 1.54) is 51.4 Å². The molecule has 0 amide bonds. The van der Waals surface area contributed by atoms with E-state index in [4.69, 9.17) is 10.00 Å². The maximum Gasteiger partial charge on any atom is 0.305 e. The fraction of sp³-hybridized carbons (Fsp3) is 0.889. The topological polar surface area (TPSA) is 50.1 Å². The first kappa shape index (κ1) is 20.0. The highest BCUT2D eigenvalue weighted by atomic mass is 16.5. The van der Waals surface area contributed by atoms with E-state index in [1.807, 2.05) is 13.8 Å². The Labute approximate surface area is 131 Å². The minimum absolute atomic E-state index is 0.0526. The molecule has 0 aliphatic carbocycles. The summed E-state index contributed by atoms with van der Waals surface area (Å²) in [4.78, 5) is 11.1. The first-order valence-corrected chi connectivity index (χ1v) is 8.76. The molecule has 3 heteroatoms. The van der Waals surface area contributed by atoms with Gasteiger partial charge < -0.3 is 4.74 Å². The van der Waals surface area contributed by atoms with Gasteiger partial charge in [0, 0.05) is 12.3 Å². The number of carbonyl (C=O) groups is 1. The van der Waals surface area contributed by atoms with Crippen LogP contribution < -0.4 is 0 Å². The highest BCUT2D eigenvalue weighted by molar-refractivity contribution is 5.69. The van der Waals surface area contributed by atoms with Gasteiger partial charge in [-0.2, -0.15) is 5.26 Å². The Hall–Kier alpha value is -1.04. The average molecular weight is 295 g/mol. The van der Waals surface area contributed by atoms with Crippen molar-refractivity contribution in [1.29, 1.82) is 5.26 Å². The Kier molecular flexibility index (Phi) is 14.6. The normalized spacial score (nSPS) is 11.9. The van der Waals surface area contributed by atoms with Crippen LogP contribution in [0.5, 0.6) is 0 Å². The van der Waals surface area contributed by atoms with Crippen molar-refractivity contribution in [2.24, 2.45) is 5.92 Å². The van der Waals surface area contributed by atoms with Gasteiger partial charge in [-0.05, 0) is 26.7 Å². The van der Waals surface area contributed by atoms with Gasteiger partial charge in [-0.3, -0.25) is 4.79 Å². The van der Waals surface area contributed by atoms with Crippen LogP contribution in [-0.4, -0.2) is 12.6 Å². The predicted octanol–water partition coefficient (Wildman–Crippen LogP) is 5.39. The van der Waals surface area contributed by atoms with Gasteiger partial charge in [-0.1, -0.05) is 57.8 Å². The third-order valence-corrected chi connectivity index (χ3v) is 3.79. The molecular formula is C18H33NO2. The second-order valence-corrected chi connectivity index (χ2v) is 5.91. The smallest absolute Gasteiger partial charge is 0.305 e. The van der Waals surface area contributed by atoms with Crippen LogP contribution in [-0.2, 0) is 9.53 Å². The highest BCUT2D eigenvalue weighted by Gasteiger charge is 2.01. The Morgan fingerprint density at radius 1 is 0.952 bits per heavy atom. The lowest BCUT2D eigenvalue weighted by Crippen LogP contribution is -2.03. The Balaban J connectivity index is 3.09. The van der Waals surface area contributed by atoms with Crippen molar-refractivity contribution in [3.05, 3.63) is 0 Å². The second kappa shape index (κ2) is 15.4. The molecule has 0 fully saturated rings. The summed E-state index contributed by atoms with van der Waals surface area (Å²) >= 11 is 0. The predicted molar refractivity (Wildman–Crippen MR) is 86.8 cm³/mol. The molecule has 0 aliphatic rings. The molecule has 122 valence electrons. The fourth-order valence-corrected chi connectivity index (χ4v) is 2.43. The number of hydrogen-bond acceptors (Lipinski definition) is 3. The van der Waals surface area contributed by atoms with Crippen LogP contribution in [0.1, 0.15) is 90.9 Å². The minimum atomic E-state index is -0.0526. The number of nitriles is 1. The number of rotatable bonds is 14. The maximum atomic E-state index is 11.1. The van der Waals surface area contributed by atoms with Gasteiger partial charge >= 0.3 is 5.97 Å². The molecule has 0 aromatic carbocycles. The molecule has 0 rings (SSSR count). The van der Waals surface area contributed by atoms with Crippen molar-refractivity contribution in [2.45, 2.75) is 90.9 Å². The lowest BCUT2D eigenvalue weighted by atomic mass is 10.0. The summed E-state index contributed by atoms with van der Waals surface area (Å²) in [6.07, 6.45) is 14.0. The molecule has 21 heavy (non-hydrogen) atoms. The average Bonchev–Trinajstić information content (AvgIpc) is 2.48. The van der Waals surface area contributed by atoms with E-state index in [-0.39, 0.29) is 11.9 Å². The van der Waals surface area contributed by atoms with Crippen LogP contribution in [0.2, 0.25) is 0 Å². The van der Waals surface area contributed by atoms with Crippen LogP contribution in [0.15, 0.2) is 0 Å². The van der Waals surface area contributed by atoms with E-state index in [1.54, 1.807) is 0 Å². The summed E-state index contributed by atoms with van der Waals surface area (Å²) in [5.41, 5.74) is 0. The molecule has 1 atom stereocenters. The van der Waals surface area contributed by atoms with Crippen LogP contribution in [0, 0.1) is 17.2 Å². The van der Waals surface area contributed by atoms with Gasteiger partial charge in [-0.15, -0.1) is 0 Å². The van der Waals surface area contributed by atoms with Crippen LogP contribution >= 0.6 is 0 Å². The van der Waals surface area contributed by atoms with Crippen LogP contribution in [0.4, 0.5) is 0 Å². The number of hydrogen-bond donors (Lipinski definition) is 0. The summed E-state index contributed by atoms with van der Waals surface area (Å²) in [5, 5.41) is 8.68. The second-order valence-electron chi connectivity index (χ2n) is 5.91. The van der Waals surface area contributed by atoms with Gasteiger partial charge in [0.05, 0.1) is 12.7 Å². The Morgan fingerprint density at radius 3 is 1.90 bits per heavy atom. The number of ether oxygens (including phenoxy) is 1. The summed E-state index contributed by atoms with van der Waals surface area (Å²) < 4.78 is 4.90.